The Bertz CT molecular complexity index is 1120. The van der Waals surface area contributed by atoms with E-state index in [1.165, 1.54) is 5.39 Å². The van der Waals surface area contributed by atoms with Crippen LogP contribution in [0.15, 0.2) is 66.7 Å². The molecule has 0 bridgehead atoms. The zero-order chi connectivity index (χ0) is 21.5. The molecule has 0 fully saturated rings. The molecule has 31 heavy (non-hydrogen) atoms. The van der Waals surface area contributed by atoms with Crippen LogP contribution in [0, 0.1) is 0 Å². The molecule has 0 aliphatic rings. The number of fused-ring (bicyclic) bond motifs is 3. The number of anilines is 1. The molecule has 0 aliphatic carbocycles. The fourth-order valence-electron chi connectivity index (χ4n) is 3.64. The van der Waals surface area contributed by atoms with E-state index in [-0.39, 0.29) is 0 Å². The summed E-state index contributed by atoms with van der Waals surface area (Å²) in [5.74, 6) is 0.814. The van der Waals surface area contributed by atoms with Crippen LogP contribution in [0.4, 0.5) is 5.69 Å². The fraction of sp³-hybridized carbons (Fsp3) is 0.280. The molecule has 0 aliphatic heterocycles. The van der Waals surface area contributed by atoms with Crippen LogP contribution in [0.5, 0.6) is 5.75 Å². The summed E-state index contributed by atoms with van der Waals surface area (Å²) in [7, 11) is 1.66. The zero-order valence-corrected chi connectivity index (χ0v) is 17.8. The van der Waals surface area contributed by atoms with E-state index in [0.29, 0.717) is 39.6 Å². The van der Waals surface area contributed by atoms with Crippen LogP contribution >= 0.6 is 0 Å². The number of methoxy groups -OCH3 is 1. The SMILES string of the molecule is COCCOCCOCCOc1ccc(-n2c3ccccc3c3cc(N)ccc32)cc1. The molecule has 6 nitrogen and oxygen atoms in total. The number of aromatic nitrogens is 1. The van der Waals surface area contributed by atoms with E-state index in [1.807, 2.05) is 24.3 Å². The van der Waals surface area contributed by atoms with Crippen molar-refractivity contribution in [3.05, 3.63) is 66.7 Å². The number of para-hydroxylation sites is 1. The van der Waals surface area contributed by atoms with Crippen molar-refractivity contribution < 1.29 is 18.9 Å². The van der Waals surface area contributed by atoms with Crippen LogP contribution in [0.1, 0.15) is 0 Å². The van der Waals surface area contributed by atoms with Crippen molar-refractivity contribution in [2.75, 3.05) is 52.5 Å². The number of ether oxygens (including phenoxy) is 4. The Labute approximate surface area is 182 Å². The summed E-state index contributed by atoms with van der Waals surface area (Å²) in [4.78, 5) is 0. The van der Waals surface area contributed by atoms with Crippen LogP contribution in [0.3, 0.4) is 0 Å². The minimum absolute atomic E-state index is 0.492. The highest BCUT2D eigenvalue weighted by Crippen LogP contribution is 2.33. The van der Waals surface area contributed by atoms with Crippen molar-refractivity contribution in [1.29, 1.82) is 0 Å². The standard InChI is InChI=1S/C25H28N2O4/c1-28-12-13-29-14-15-30-16-17-31-21-9-7-20(8-10-21)27-24-5-3-2-4-22(24)23-18-19(26)6-11-25(23)27/h2-11,18H,12-17,26H2,1H3. The van der Waals surface area contributed by atoms with Crippen molar-refractivity contribution in [1.82, 2.24) is 4.57 Å². The predicted octanol–water partition coefficient (Wildman–Crippen LogP) is 4.42. The molecule has 0 spiro atoms. The fourth-order valence-corrected chi connectivity index (χ4v) is 3.64. The van der Waals surface area contributed by atoms with Crippen molar-refractivity contribution in [3.8, 4) is 11.4 Å². The number of benzene rings is 3. The third-order valence-corrected chi connectivity index (χ3v) is 5.09. The Hall–Kier alpha value is -3.06. The molecule has 4 rings (SSSR count). The molecular formula is C25H28N2O4. The first kappa shape index (κ1) is 21.2. The Morgan fingerprint density at radius 1 is 0.710 bits per heavy atom. The molecule has 0 saturated carbocycles. The number of nitrogens with zero attached hydrogens (tertiary/aromatic N) is 1. The molecule has 0 saturated heterocycles. The number of rotatable bonds is 11. The first-order chi connectivity index (χ1) is 15.3. The highest BCUT2D eigenvalue weighted by atomic mass is 16.6. The molecule has 1 aromatic heterocycles. The van der Waals surface area contributed by atoms with Gasteiger partial charge in [0.05, 0.1) is 44.1 Å². The van der Waals surface area contributed by atoms with Gasteiger partial charge >= 0.3 is 0 Å². The lowest BCUT2D eigenvalue weighted by molar-refractivity contribution is 0.0180. The van der Waals surface area contributed by atoms with Crippen molar-refractivity contribution >= 4 is 27.5 Å². The minimum Gasteiger partial charge on any atom is -0.491 e. The molecule has 4 aromatic rings. The smallest absolute Gasteiger partial charge is 0.119 e. The normalized spacial score (nSPS) is 11.4. The molecular weight excluding hydrogens is 392 g/mol. The Morgan fingerprint density at radius 2 is 1.39 bits per heavy atom. The average Bonchev–Trinajstić information content (AvgIpc) is 3.12. The van der Waals surface area contributed by atoms with Crippen LogP contribution in [0.2, 0.25) is 0 Å². The van der Waals surface area contributed by atoms with Crippen LogP contribution in [-0.4, -0.2) is 51.3 Å². The molecule has 3 aromatic carbocycles. The molecule has 0 unspecified atom stereocenters. The van der Waals surface area contributed by atoms with Gasteiger partial charge in [-0.1, -0.05) is 18.2 Å². The largest absolute Gasteiger partial charge is 0.491 e. The Balaban J connectivity index is 1.39. The summed E-state index contributed by atoms with van der Waals surface area (Å²) >= 11 is 0. The topological polar surface area (TPSA) is 67.9 Å². The number of hydrogen-bond acceptors (Lipinski definition) is 5. The van der Waals surface area contributed by atoms with Gasteiger partial charge in [0.25, 0.3) is 0 Å². The van der Waals surface area contributed by atoms with E-state index in [1.54, 1.807) is 7.11 Å². The Morgan fingerprint density at radius 3 is 2.16 bits per heavy atom. The minimum atomic E-state index is 0.492. The molecule has 6 heteroatoms. The monoisotopic (exact) mass is 420 g/mol. The maximum Gasteiger partial charge on any atom is 0.119 e. The van der Waals surface area contributed by atoms with Crippen molar-refractivity contribution in [2.45, 2.75) is 0 Å². The quantitative estimate of drug-likeness (QED) is 0.287. The number of hydrogen-bond donors (Lipinski definition) is 1. The average molecular weight is 421 g/mol. The van der Waals surface area contributed by atoms with Crippen LogP contribution < -0.4 is 10.5 Å². The van der Waals surface area contributed by atoms with Gasteiger partial charge in [-0.05, 0) is 48.5 Å². The lowest BCUT2D eigenvalue weighted by atomic mass is 10.1. The third-order valence-electron chi connectivity index (χ3n) is 5.09. The summed E-state index contributed by atoms with van der Waals surface area (Å²) in [6.07, 6.45) is 0. The summed E-state index contributed by atoms with van der Waals surface area (Å²) in [5.41, 5.74) is 10.2. The van der Waals surface area contributed by atoms with Gasteiger partial charge in [0.15, 0.2) is 0 Å². The van der Waals surface area contributed by atoms with Gasteiger partial charge < -0.3 is 29.2 Å². The number of nitrogen functional groups attached to an aromatic ring is 1. The lowest BCUT2D eigenvalue weighted by Gasteiger charge is -2.11. The molecule has 162 valence electrons. The first-order valence-electron chi connectivity index (χ1n) is 10.4. The van der Waals surface area contributed by atoms with Crippen molar-refractivity contribution in [2.24, 2.45) is 0 Å². The van der Waals surface area contributed by atoms with E-state index in [9.17, 15) is 0 Å². The Kier molecular flexibility index (Phi) is 7.04. The van der Waals surface area contributed by atoms with Crippen LogP contribution in [0.25, 0.3) is 27.5 Å². The van der Waals surface area contributed by atoms with Gasteiger partial charge in [0, 0.05) is 29.3 Å². The molecule has 2 N–H and O–H groups in total. The summed E-state index contributed by atoms with van der Waals surface area (Å²) in [5, 5.41) is 2.34. The van der Waals surface area contributed by atoms with E-state index in [0.717, 1.165) is 33.5 Å². The van der Waals surface area contributed by atoms with E-state index in [2.05, 4.69) is 47.0 Å². The predicted molar refractivity (Wildman–Crippen MR) is 124 cm³/mol. The van der Waals surface area contributed by atoms with E-state index < -0.39 is 0 Å². The van der Waals surface area contributed by atoms with Crippen molar-refractivity contribution in [3.63, 3.8) is 0 Å². The van der Waals surface area contributed by atoms with Gasteiger partial charge in [-0.15, -0.1) is 0 Å². The molecule has 0 amide bonds. The van der Waals surface area contributed by atoms with Crippen LogP contribution in [-0.2, 0) is 14.2 Å². The second-order valence-electron chi connectivity index (χ2n) is 7.19. The summed E-state index contributed by atoms with van der Waals surface area (Å²) in [6, 6.07) is 22.5. The highest BCUT2D eigenvalue weighted by Gasteiger charge is 2.12. The second kappa shape index (κ2) is 10.3. The molecule has 0 atom stereocenters. The summed E-state index contributed by atoms with van der Waals surface area (Å²) in [6.45, 7) is 3.30. The van der Waals surface area contributed by atoms with Gasteiger partial charge in [-0.3, -0.25) is 0 Å². The van der Waals surface area contributed by atoms with Gasteiger partial charge in [-0.2, -0.15) is 0 Å². The van der Waals surface area contributed by atoms with E-state index in [4.69, 9.17) is 24.7 Å². The lowest BCUT2D eigenvalue weighted by Crippen LogP contribution is -2.12. The van der Waals surface area contributed by atoms with E-state index >= 15 is 0 Å². The maximum absolute atomic E-state index is 6.04. The third kappa shape index (κ3) is 4.99. The summed E-state index contributed by atoms with van der Waals surface area (Å²) < 4.78 is 23.8. The van der Waals surface area contributed by atoms with Gasteiger partial charge in [0.2, 0.25) is 0 Å². The molecule has 0 radical (unpaired) electrons. The van der Waals surface area contributed by atoms with Gasteiger partial charge in [-0.25, -0.2) is 0 Å². The molecule has 1 heterocycles. The van der Waals surface area contributed by atoms with Gasteiger partial charge in [0.1, 0.15) is 12.4 Å². The second-order valence-corrected chi connectivity index (χ2v) is 7.19. The highest BCUT2D eigenvalue weighted by molar-refractivity contribution is 6.10. The number of nitrogens with two attached hydrogens (primary N) is 1. The first-order valence-corrected chi connectivity index (χ1v) is 10.4. The zero-order valence-electron chi connectivity index (χ0n) is 17.8. The maximum atomic E-state index is 6.04.